The Hall–Kier alpha value is -3.21. The van der Waals surface area contributed by atoms with Crippen LogP contribution in [0, 0.1) is 5.82 Å². The molecular weight excluding hydrogens is 305 g/mol. The monoisotopic (exact) mass is 319 g/mol. The average molecular weight is 319 g/mol. The standard InChI is InChI=1S/C19H14FN3O/c20-15-4-3-5-16-18(15)19(24)22-17(21-16)12-13-6-8-14(9-7-13)23-10-1-2-11-23/h1-11H,12H2,(H,21,22,24). The lowest BCUT2D eigenvalue weighted by Gasteiger charge is -2.06. The number of rotatable bonds is 3. The van der Waals surface area contributed by atoms with E-state index in [4.69, 9.17) is 0 Å². The van der Waals surface area contributed by atoms with Gasteiger partial charge in [-0.05, 0) is 42.0 Å². The third-order valence-corrected chi connectivity index (χ3v) is 3.94. The van der Waals surface area contributed by atoms with Crippen LogP contribution in [0.25, 0.3) is 16.6 Å². The van der Waals surface area contributed by atoms with E-state index in [2.05, 4.69) is 9.97 Å². The maximum atomic E-state index is 13.7. The molecule has 2 aromatic carbocycles. The summed E-state index contributed by atoms with van der Waals surface area (Å²) >= 11 is 0. The summed E-state index contributed by atoms with van der Waals surface area (Å²) in [7, 11) is 0. The van der Waals surface area contributed by atoms with Crippen molar-refractivity contribution in [2.24, 2.45) is 0 Å². The highest BCUT2D eigenvalue weighted by atomic mass is 19.1. The normalized spacial score (nSPS) is 11.0. The molecule has 2 aromatic heterocycles. The summed E-state index contributed by atoms with van der Waals surface area (Å²) in [5.74, 6) is -0.0318. The van der Waals surface area contributed by atoms with Crippen LogP contribution in [0.5, 0.6) is 0 Å². The Morgan fingerprint density at radius 1 is 1.00 bits per heavy atom. The van der Waals surface area contributed by atoms with Gasteiger partial charge >= 0.3 is 0 Å². The first-order chi connectivity index (χ1) is 11.7. The molecule has 0 saturated carbocycles. The average Bonchev–Trinajstić information content (AvgIpc) is 3.10. The van der Waals surface area contributed by atoms with E-state index < -0.39 is 11.4 Å². The summed E-state index contributed by atoms with van der Waals surface area (Å²) in [6.45, 7) is 0. The van der Waals surface area contributed by atoms with Gasteiger partial charge in [-0.3, -0.25) is 4.79 Å². The molecule has 4 rings (SSSR count). The molecule has 4 nitrogen and oxygen atoms in total. The molecule has 5 heteroatoms. The molecule has 0 unspecified atom stereocenters. The van der Waals surface area contributed by atoms with Gasteiger partial charge in [0.1, 0.15) is 17.0 Å². The summed E-state index contributed by atoms with van der Waals surface area (Å²) in [6, 6.07) is 16.4. The number of hydrogen-bond donors (Lipinski definition) is 1. The number of hydrogen-bond acceptors (Lipinski definition) is 2. The maximum Gasteiger partial charge on any atom is 0.261 e. The van der Waals surface area contributed by atoms with Gasteiger partial charge in [0.05, 0.1) is 5.52 Å². The number of nitrogens with zero attached hydrogens (tertiary/aromatic N) is 2. The lowest BCUT2D eigenvalue weighted by Crippen LogP contribution is -2.13. The Bertz CT molecular complexity index is 1050. The molecule has 0 bridgehead atoms. The molecule has 1 N–H and O–H groups in total. The fraction of sp³-hybridized carbons (Fsp3) is 0.0526. The van der Waals surface area contributed by atoms with Crippen LogP contribution in [-0.4, -0.2) is 14.5 Å². The molecule has 0 amide bonds. The number of nitrogens with one attached hydrogen (secondary N) is 1. The van der Waals surface area contributed by atoms with Crippen molar-refractivity contribution in [3.8, 4) is 5.69 Å². The van der Waals surface area contributed by atoms with Crippen molar-refractivity contribution >= 4 is 10.9 Å². The topological polar surface area (TPSA) is 50.7 Å². The van der Waals surface area contributed by atoms with Gasteiger partial charge in [0.15, 0.2) is 0 Å². The minimum absolute atomic E-state index is 0.00389. The zero-order chi connectivity index (χ0) is 16.5. The minimum Gasteiger partial charge on any atom is -0.324 e. The van der Waals surface area contributed by atoms with Crippen LogP contribution in [0.4, 0.5) is 4.39 Å². The third kappa shape index (κ3) is 2.60. The SMILES string of the molecule is O=c1[nH]c(Cc2ccc(-n3cccc3)cc2)nc2cccc(F)c12. The molecule has 24 heavy (non-hydrogen) atoms. The van der Waals surface area contributed by atoms with Crippen LogP contribution in [0.2, 0.25) is 0 Å². The minimum atomic E-state index is -0.552. The highest BCUT2D eigenvalue weighted by Gasteiger charge is 2.08. The van der Waals surface area contributed by atoms with Crippen LogP contribution < -0.4 is 5.56 Å². The Balaban J connectivity index is 1.66. The molecule has 0 fully saturated rings. The molecule has 0 radical (unpaired) electrons. The molecular formula is C19H14FN3O. The molecule has 0 aliphatic carbocycles. The second-order valence-electron chi connectivity index (χ2n) is 5.58. The van der Waals surface area contributed by atoms with E-state index in [-0.39, 0.29) is 5.39 Å². The Labute approximate surface area is 137 Å². The first-order valence-electron chi connectivity index (χ1n) is 7.60. The largest absolute Gasteiger partial charge is 0.324 e. The van der Waals surface area contributed by atoms with E-state index in [9.17, 15) is 9.18 Å². The van der Waals surface area contributed by atoms with Gasteiger partial charge in [-0.1, -0.05) is 18.2 Å². The molecule has 0 atom stereocenters. The van der Waals surface area contributed by atoms with Gasteiger partial charge in [-0.2, -0.15) is 0 Å². The van der Waals surface area contributed by atoms with Crippen molar-refractivity contribution in [2.75, 3.05) is 0 Å². The molecule has 2 heterocycles. The van der Waals surface area contributed by atoms with E-state index >= 15 is 0 Å². The van der Waals surface area contributed by atoms with E-state index in [1.54, 1.807) is 12.1 Å². The van der Waals surface area contributed by atoms with Crippen LogP contribution in [0.15, 0.2) is 71.8 Å². The molecule has 0 spiro atoms. The van der Waals surface area contributed by atoms with Crippen molar-refractivity contribution in [3.63, 3.8) is 0 Å². The Kier molecular flexibility index (Phi) is 3.46. The highest BCUT2D eigenvalue weighted by Crippen LogP contribution is 2.14. The Morgan fingerprint density at radius 3 is 2.50 bits per heavy atom. The number of halogens is 1. The van der Waals surface area contributed by atoms with E-state index in [1.165, 1.54) is 6.07 Å². The summed E-state index contributed by atoms with van der Waals surface area (Å²) < 4.78 is 15.7. The predicted molar refractivity (Wildman–Crippen MR) is 90.9 cm³/mol. The lowest BCUT2D eigenvalue weighted by atomic mass is 10.1. The first kappa shape index (κ1) is 14.4. The number of aromatic amines is 1. The van der Waals surface area contributed by atoms with E-state index in [0.717, 1.165) is 11.3 Å². The van der Waals surface area contributed by atoms with Gasteiger partial charge < -0.3 is 9.55 Å². The molecule has 0 saturated heterocycles. The number of H-pyrrole nitrogens is 1. The van der Waals surface area contributed by atoms with Gasteiger partial charge in [0.2, 0.25) is 0 Å². The van der Waals surface area contributed by atoms with E-state index in [1.807, 2.05) is 53.4 Å². The second-order valence-corrected chi connectivity index (χ2v) is 5.58. The number of fused-ring (bicyclic) bond motifs is 1. The molecule has 0 aliphatic heterocycles. The van der Waals surface area contributed by atoms with Gasteiger partial charge in [-0.15, -0.1) is 0 Å². The zero-order valence-corrected chi connectivity index (χ0v) is 12.7. The molecule has 4 aromatic rings. The van der Waals surface area contributed by atoms with Crippen LogP contribution in [0.1, 0.15) is 11.4 Å². The lowest BCUT2D eigenvalue weighted by molar-refractivity contribution is 0.638. The smallest absolute Gasteiger partial charge is 0.261 e. The first-order valence-corrected chi connectivity index (χ1v) is 7.60. The summed E-state index contributed by atoms with van der Waals surface area (Å²) in [5, 5.41) is 0.00389. The third-order valence-electron chi connectivity index (χ3n) is 3.94. The predicted octanol–water partition coefficient (Wildman–Crippen LogP) is 3.44. The maximum absolute atomic E-state index is 13.7. The summed E-state index contributed by atoms with van der Waals surface area (Å²) in [5.41, 5.74) is 2.00. The molecule has 0 aliphatic rings. The summed E-state index contributed by atoms with van der Waals surface area (Å²) in [6.07, 6.45) is 4.44. The number of benzene rings is 2. The zero-order valence-electron chi connectivity index (χ0n) is 12.7. The fourth-order valence-corrected chi connectivity index (χ4v) is 2.77. The Morgan fingerprint density at radius 2 is 1.75 bits per heavy atom. The van der Waals surface area contributed by atoms with Gasteiger partial charge in [-0.25, -0.2) is 9.37 Å². The number of aromatic nitrogens is 3. The van der Waals surface area contributed by atoms with Crippen LogP contribution in [0.3, 0.4) is 0 Å². The quantitative estimate of drug-likeness (QED) is 0.629. The van der Waals surface area contributed by atoms with Crippen molar-refractivity contribution < 1.29 is 4.39 Å². The van der Waals surface area contributed by atoms with Crippen molar-refractivity contribution in [3.05, 3.63) is 94.5 Å². The van der Waals surface area contributed by atoms with Gasteiger partial charge in [0.25, 0.3) is 5.56 Å². The van der Waals surface area contributed by atoms with Crippen molar-refractivity contribution in [2.45, 2.75) is 6.42 Å². The van der Waals surface area contributed by atoms with Crippen LogP contribution >= 0.6 is 0 Å². The summed E-state index contributed by atoms with van der Waals surface area (Å²) in [4.78, 5) is 19.1. The fourth-order valence-electron chi connectivity index (χ4n) is 2.77. The van der Waals surface area contributed by atoms with Crippen molar-refractivity contribution in [1.82, 2.24) is 14.5 Å². The molecule has 118 valence electrons. The van der Waals surface area contributed by atoms with Gasteiger partial charge in [0, 0.05) is 24.5 Å². The van der Waals surface area contributed by atoms with Crippen molar-refractivity contribution in [1.29, 1.82) is 0 Å². The van der Waals surface area contributed by atoms with Crippen LogP contribution in [-0.2, 0) is 6.42 Å². The van der Waals surface area contributed by atoms with E-state index in [0.29, 0.717) is 17.8 Å². The second kappa shape index (κ2) is 5.77. The highest BCUT2D eigenvalue weighted by molar-refractivity contribution is 5.77.